The van der Waals surface area contributed by atoms with Gasteiger partial charge in [0.15, 0.2) is 0 Å². The van der Waals surface area contributed by atoms with Gasteiger partial charge in [-0.2, -0.15) is 0 Å². The number of aromatic nitrogens is 2. The number of nitrogens with one attached hydrogen (secondary N) is 1. The highest BCUT2D eigenvalue weighted by molar-refractivity contribution is 5.79. The molecule has 0 saturated carbocycles. The zero-order valence-corrected chi connectivity index (χ0v) is 10.9. The molecular formula is C14H16N4O. The van der Waals surface area contributed by atoms with Gasteiger partial charge in [-0.25, -0.2) is 4.79 Å². The van der Waals surface area contributed by atoms with Crippen LogP contribution in [0.25, 0.3) is 10.9 Å². The van der Waals surface area contributed by atoms with Crippen LogP contribution in [-0.2, 0) is 13.0 Å². The topological polar surface area (TPSA) is 58.1 Å². The molecule has 0 saturated heterocycles. The molecule has 0 fully saturated rings. The van der Waals surface area contributed by atoms with Gasteiger partial charge in [-0.1, -0.05) is 0 Å². The van der Waals surface area contributed by atoms with Gasteiger partial charge in [-0.3, -0.25) is 9.97 Å². The molecule has 0 aromatic carbocycles. The van der Waals surface area contributed by atoms with E-state index in [1.54, 1.807) is 6.20 Å². The first kappa shape index (κ1) is 11.9. The highest BCUT2D eigenvalue weighted by Gasteiger charge is 2.21. The number of nitrogens with zero attached hydrogens (tertiary/aromatic N) is 3. The van der Waals surface area contributed by atoms with E-state index in [2.05, 4.69) is 21.4 Å². The molecule has 5 nitrogen and oxygen atoms in total. The molecule has 3 heterocycles. The molecule has 2 aromatic heterocycles. The molecule has 2 aromatic rings. The van der Waals surface area contributed by atoms with E-state index in [-0.39, 0.29) is 6.03 Å². The maximum absolute atomic E-state index is 11.9. The number of hydrogen-bond acceptors (Lipinski definition) is 3. The predicted octanol–water partition coefficient (Wildman–Crippen LogP) is 1.72. The lowest BCUT2D eigenvalue weighted by molar-refractivity contribution is 0.192. The Morgan fingerprint density at radius 2 is 2.42 bits per heavy atom. The summed E-state index contributed by atoms with van der Waals surface area (Å²) in [6, 6.07) is 4.02. The van der Waals surface area contributed by atoms with E-state index in [9.17, 15) is 4.79 Å². The number of fused-ring (bicyclic) bond motifs is 2. The number of carbonyl (C=O) groups is 1. The molecule has 1 aliphatic heterocycles. The molecule has 19 heavy (non-hydrogen) atoms. The Morgan fingerprint density at radius 3 is 3.26 bits per heavy atom. The molecule has 98 valence electrons. The fraction of sp³-hybridized carbons (Fsp3) is 0.357. The summed E-state index contributed by atoms with van der Waals surface area (Å²) in [6.45, 7) is 3.93. The summed E-state index contributed by atoms with van der Waals surface area (Å²) in [5.74, 6) is 0. The third kappa shape index (κ3) is 2.23. The monoisotopic (exact) mass is 256 g/mol. The molecule has 0 radical (unpaired) electrons. The molecule has 1 aliphatic rings. The molecule has 1 N–H and O–H groups in total. The lowest BCUT2D eigenvalue weighted by atomic mass is 10.0. The lowest BCUT2D eigenvalue weighted by Gasteiger charge is -2.28. The van der Waals surface area contributed by atoms with Crippen molar-refractivity contribution >= 4 is 16.9 Å². The maximum atomic E-state index is 11.9. The second kappa shape index (κ2) is 4.84. The Labute approximate surface area is 111 Å². The van der Waals surface area contributed by atoms with Crippen LogP contribution in [0.4, 0.5) is 4.79 Å². The molecule has 0 atom stereocenters. The van der Waals surface area contributed by atoms with Gasteiger partial charge in [-0.15, -0.1) is 0 Å². The zero-order valence-electron chi connectivity index (χ0n) is 10.9. The summed E-state index contributed by atoms with van der Waals surface area (Å²) in [5, 5.41) is 3.86. The second-order valence-corrected chi connectivity index (χ2v) is 4.67. The summed E-state index contributed by atoms with van der Waals surface area (Å²) in [4.78, 5) is 22.5. The summed E-state index contributed by atoms with van der Waals surface area (Å²) in [5.41, 5.74) is 3.19. The lowest BCUT2D eigenvalue weighted by Crippen LogP contribution is -2.42. The van der Waals surface area contributed by atoms with Crippen molar-refractivity contribution in [1.82, 2.24) is 20.2 Å². The van der Waals surface area contributed by atoms with Crippen LogP contribution in [0.2, 0.25) is 0 Å². The molecule has 3 rings (SSSR count). The largest absolute Gasteiger partial charge is 0.338 e. The van der Waals surface area contributed by atoms with Gasteiger partial charge >= 0.3 is 6.03 Å². The van der Waals surface area contributed by atoms with Crippen LogP contribution in [0, 0.1) is 0 Å². The normalized spacial score (nSPS) is 14.3. The first-order chi connectivity index (χ1) is 9.28. The van der Waals surface area contributed by atoms with Crippen LogP contribution in [0.5, 0.6) is 0 Å². The molecule has 5 heteroatoms. The Hall–Kier alpha value is -2.17. The average Bonchev–Trinajstić information content (AvgIpc) is 2.44. The highest BCUT2D eigenvalue weighted by Crippen LogP contribution is 2.21. The smallest absolute Gasteiger partial charge is 0.317 e. The first-order valence-electron chi connectivity index (χ1n) is 6.53. The minimum Gasteiger partial charge on any atom is -0.338 e. The van der Waals surface area contributed by atoms with Crippen molar-refractivity contribution < 1.29 is 4.79 Å². The Bertz CT molecular complexity index is 626. The van der Waals surface area contributed by atoms with Crippen molar-refractivity contribution in [3.05, 3.63) is 35.8 Å². The first-order valence-corrected chi connectivity index (χ1v) is 6.53. The third-order valence-electron chi connectivity index (χ3n) is 3.38. The Morgan fingerprint density at radius 1 is 1.53 bits per heavy atom. The van der Waals surface area contributed by atoms with Crippen LogP contribution in [-0.4, -0.2) is 34.0 Å². The van der Waals surface area contributed by atoms with E-state index in [1.165, 1.54) is 0 Å². The third-order valence-corrected chi connectivity index (χ3v) is 3.38. The number of amides is 2. The fourth-order valence-corrected chi connectivity index (χ4v) is 2.42. The van der Waals surface area contributed by atoms with Crippen molar-refractivity contribution in [3.63, 3.8) is 0 Å². The van der Waals surface area contributed by atoms with Crippen molar-refractivity contribution in [2.75, 3.05) is 13.1 Å². The van der Waals surface area contributed by atoms with E-state index < -0.39 is 0 Å². The van der Waals surface area contributed by atoms with Gasteiger partial charge < -0.3 is 10.2 Å². The van der Waals surface area contributed by atoms with Gasteiger partial charge in [0.05, 0.1) is 5.52 Å². The van der Waals surface area contributed by atoms with Crippen LogP contribution in [0.1, 0.15) is 18.2 Å². The maximum Gasteiger partial charge on any atom is 0.317 e. The quantitative estimate of drug-likeness (QED) is 0.845. The second-order valence-electron chi connectivity index (χ2n) is 4.67. The SMILES string of the molecule is CCNC(=O)N1CCc2nc3ccncc3cc2C1. The highest BCUT2D eigenvalue weighted by atomic mass is 16.2. The van der Waals surface area contributed by atoms with Gasteiger partial charge in [0.25, 0.3) is 0 Å². The average molecular weight is 256 g/mol. The zero-order chi connectivity index (χ0) is 13.2. The van der Waals surface area contributed by atoms with Crippen LogP contribution < -0.4 is 5.32 Å². The van der Waals surface area contributed by atoms with Crippen molar-refractivity contribution in [2.45, 2.75) is 19.9 Å². The predicted molar refractivity (Wildman–Crippen MR) is 72.7 cm³/mol. The van der Waals surface area contributed by atoms with E-state index >= 15 is 0 Å². The van der Waals surface area contributed by atoms with Gasteiger partial charge in [0.1, 0.15) is 0 Å². The Balaban J connectivity index is 1.92. The van der Waals surface area contributed by atoms with Gasteiger partial charge in [0, 0.05) is 49.5 Å². The summed E-state index contributed by atoms with van der Waals surface area (Å²) >= 11 is 0. The molecule has 0 bridgehead atoms. The van der Waals surface area contributed by atoms with E-state index in [1.807, 2.05) is 24.1 Å². The number of pyridine rings is 2. The number of hydrogen-bond donors (Lipinski definition) is 1. The molecule has 0 aliphatic carbocycles. The van der Waals surface area contributed by atoms with E-state index in [4.69, 9.17) is 0 Å². The summed E-state index contributed by atoms with van der Waals surface area (Å²) in [7, 11) is 0. The van der Waals surface area contributed by atoms with Crippen molar-refractivity contribution in [3.8, 4) is 0 Å². The van der Waals surface area contributed by atoms with Crippen LogP contribution in [0.15, 0.2) is 24.5 Å². The van der Waals surface area contributed by atoms with Crippen molar-refractivity contribution in [2.24, 2.45) is 0 Å². The molecule has 0 spiro atoms. The number of carbonyl (C=O) groups excluding carboxylic acids is 1. The van der Waals surface area contributed by atoms with E-state index in [0.29, 0.717) is 13.1 Å². The molecule has 0 unspecified atom stereocenters. The van der Waals surface area contributed by atoms with E-state index in [0.717, 1.165) is 35.1 Å². The van der Waals surface area contributed by atoms with Crippen LogP contribution in [0.3, 0.4) is 0 Å². The van der Waals surface area contributed by atoms with Crippen molar-refractivity contribution in [1.29, 1.82) is 0 Å². The minimum atomic E-state index is -0.000524. The standard InChI is InChI=1S/C14H16N4O/c1-2-16-14(19)18-6-4-13-11(9-18)7-10-8-15-5-3-12(10)17-13/h3,5,7-8H,2,4,6,9H2,1H3,(H,16,19). The minimum absolute atomic E-state index is 0.000524. The van der Waals surface area contributed by atoms with Gasteiger partial charge in [0.2, 0.25) is 0 Å². The number of urea groups is 1. The van der Waals surface area contributed by atoms with Gasteiger partial charge in [-0.05, 0) is 24.6 Å². The molecule has 2 amide bonds. The van der Waals surface area contributed by atoms with Crippen LogP contribution >= 0.6 is 0 Å². The molecular weight excluding hydrogens is 240 g/mol. The number of rotatable bonds is 1. The summed E-state index contributed by atoms with van der Waals surface area (Å²) < 4.78 is 0. The summed E-state index contributed by atoms with van der Waals surface area (Å²) in [6.07, 6.45) is 4.38. The fourth-order valence-electron chi connectivity index (χ4n) is 2.42. The Kier molecular flexibility index (Phi) is 3.03.